The van der Waals surface area contributed by atoms with Crippen LogP contribution in [0.15, 0.2) is 18.2 Å². The highest BCUT2D eigenvalue weighted by Crippen LogP contribution is 2.24. The van der Waals surface area contributed by atoms with Crippen molar-refractivity contribution in [1.29, 1.82) is 0 Å². The summed E-state index contributed by atoms with van der Waals surface area (Å²) in [6.07, 6.45) is 5.17. The van der Waals surface area contributed by atoms with E-state index in [-0.39, 0.29) is 24.2 Å². The molecule has 1 atom stereocenters. The molecule has 0 bridgehead atoms. The highest BCUT2D eigenvalue weighted by atomic mass is 35.5. The molecule has 0 saturated carbocycles. The van der Waals surface area contributed by atoms with Gasteiger partial charge < -0.3 is 15.5 Å². The fraction of sp³-hybridized carbons (Fsp3) is 0.579. The zero-order chi connectivity index (χ0) is 16.9. The van der Waals surface area contributed by atoms with Gasteiger partial charge in [0.25, 0.3) is 0 Å². The number of likely N-dealkylation sites (tertiary alicyclic amines) is 1. The topological polar surface area (TPSA) is 61.4 Å². The first-order chi connectivity index (χ1) is 11.7. The van der Waals surface area contributed by atoms with Crippen LogP contribution >= 0.6 is 12.4 Å². The third kappa shape index (κ3) is 5.19. The molecule has 5 nitrogen and oxygen atoms in total. The Hall–Kier alpha value is -1.59. The Kier molecular flexibility index (Phi) is 7.26. The van der Waals surface area contributed by atoms with Crippen molar-refractivity contribution in [3.63, 3.8) is 0 Å². The Labute approximate surface area is 155 Å². The second-order valence-corrected chi connectivity index (χ2v) is 6.98. The number of fused-ring (bicyclic) bond motifs is 1. The van der Waals surface area contributed by atoms with Gasteiger partial charge in [-0.25, -0.2) is 0 Å². The van der Waals surface area contributed by atoms with Crippen molar-refractivity contribution in [3.05, 3.63) is 29.3 Å². The van der Waals surface area contributed by atoms with E-state index in [2.05, 4.69) is 22.8 Å². The predicted molar refractivity (Wildman–Crippen MR) is 102 cm³/mol. The molecule has 138 valence electrons. The van der Waals surface area contributed by atoms with Crippen LogP contribution in [-0.2, 0) is 22.4 Å². The molecule has 2 aliphatic rings. The first kappa shape index (κ1) is 19.7. The van der Waals surface area contributed by atoms with Crippen LogP contribution in [0, 0.1) is 5.92 Å². The minimum Gasteiger partial charge on any atom is -0.342 e. The third-order valence-electron chi connectivity index (χ3n) is 5.02. The highest BCUT2D eigenvalue weighted by Gasteiger charge is 2.23. The van der Waals surface area contributed by atoms with Gasteiger partial charge in [0.05, 0.1) is 6.42 Å². The van der Waals surface area contributed by atoms with Gasteiger partial charge in [-0.3, -0.25) is 9.59 Å². The molecule has 0 aromatic heterocycles. The van der Waals surface area contributed by atoms with Crippen LogP contribution < -0.4 is 10.6 Å². The Bertz CT molecular complexity index is 619. The zero-order valence-electron chi connectivity index (χ0n) is 14.8. The number of carbonyl (C=O) groups is 2. The van der Waals surface area contributed by atoms with E-state index in [1.165, 1.54) is 12.0 Å². The molecule has 2 aliphatic heterocycles. The van der Waals surface area contributed by atoms with E-state index in [4.69, 9.17) is 0 Å². The Balaban J connectivity index is 0.00000225. The molecular weight excluding hydrogens is 338 g/mol. The SMILES string of the molecule is CNCC1CCCN(C(=O)CCCc2ccc3c(c2)CC(=O)N3)C1.Cl. The summed E-state index contributed by atoms with van der Waals surface area (Å²) in [5.74, 6) is 0.946. The van der Waals surface area contributed by atoms with Gasteiger partial charge in [-0.1, -0.05) is 12.1 Å². The van der Waals surface area contributed by atoms with Gasteiger partial charge in [0.1, 0.15) is 0 Å². The second kappa shape index (κ2) is 9.20. The normalized spacial score (nSPS) is 19.2. The number of carbonyl (C=O) groups excluding carboxylic acids is 2. The quantitative estimate of drug-likeness (QED) is 0.813. The molecule has 0 radical (unpaired) electrons. The van der Waals surface area contributed by atoms with Crippen LogP contribution in [-0.4, -0.2) is 43.4 Å². The maximum Gasteiger partial charge on any atom is 0.228 e. The average molecular weight is 366 g/mol. The number of hydrogen-bond acceptors (Lipinski definition) is 3. The van der Waals surface area contributed by atoms with Gasteiger partial charge >= 0.3 is 0 Å². The lowest BCUT2D eigenvalue weighted by Gasteiger charge is -2.32. The largest absolute Gasteiger partial charge is 0.342 e. The Morgan fingerprint density at radius 2 is 2.24 bits per heavy atom. The standard InChI is InChI=1S/C19H27N3O2.ClH/c1-20-12-15-5-3-9-22(13-15)19(24)6-2-4-14-7-8-17-16(10-14)11-18(23)21-17;/h7-8,10,15,20H,2-6,9,11-13H2,1H3,(H,21,23);1H. The number of nitrogens with one attached hydrogen (secondary N) is 2. The molecule has 1 fully saturated rings. The average Bonchev–Trinajstić information content (AvgIpc) is 2.94. The smallest absolute Gasteiger partial charge is 0.228 e. The Morgan fingerprint density at radius 3 is 3.04 bits per heavy atom. The van der Waals surface area contributed by atoms with Gasteiger partial charge in [-0.05, 0) is 62.4 Å². The number of rotatable bonds is 6. The third-order valence-corrected chi connectivity index (χ3v) is 5.02. The van der Waals surface area contributed by atoms with Gasteiger partial charge in [-0.2, -0.15) is 0 Å². The number of piperidine rings is 1. The number of halogens is 1. The molecule has 1 aromatic carbocycles. The van der Waals surface area contributed by atoms with Crippen LogP contribution in [0.2, 0.25) is 0 Å². The molecule has 2 amide bonds. The van der Waals surface area contributed by atoms with Crippen molar-refractivity contribution in [2.75, 3.05) is 32.0 Å². The molecule has 1 unspecified atom stereocenters. The fourth-order valence-electron chi connectivity index (χ4n) is 3.79. The predicted octanol–water partition coefficient (Wildman–Crippen LogP) is 2.38. The monoisotopic (exact) mass is 365 g/mol. The van der Waals surface area contributed by atoms with E-state index >= 15 is 0 Å². The maximum absolute atomic E-state index is 12.4. The first-order valence-corrected chi connectivity index (χ1v) is 8.99. The number of nitrogens with zero attached hydrogens (tertiary/aromatic N) is 1. The van der Waals surface area contributed by atoms with E-state index in [9.17, 15) is 9.59 Å². The van der Waals surface area contributed by atoms with Crippen molar-refractivity contribution in [2.24, 2.45) is 5.92 Å². The van der Waals surface area contributed by atoms with Crippen molar-refractivity contribution in [1.82, 2.24) is 10.2 Å². The van der Waals surface area contributed by atoms with E-state index in [0.717, 1.165) is 50.1 Å². The number of amides is 2. The molecule has 0 spiro atoms. The van der Waals surface area contributed by atoms with E-state index in [1.807, 2.05) is 18.0 Å². The summed E-state index contributed by atoms with van der Waals surface area (Å²) >= 11 is 0. The summed E-state index contributed by atoms with van der Waals surface area (Å²) in [4.78, 5) is 25.9. The van der Waals surface area contributed by atoms with Crippen molar-refractivity contribution >= 4 is 29.9 Å². The maximum atomic E-state index is 12.4. The molecule has 25 heavy (non-hydrogen) atoms. The summed E-state index contributed by atoms with van der Waals surface area (Å²) in [6, 6.07) is 6.13. The van der Waals surface area contributed by atoms with Gasteiger partial charge in [0.2, 0.25) is 11.8 Å². The summed E-state index contributed by atoms with van der Waals surface area (Å²) in [7, 11) is 1.97. The lowest BCUT2D eigenvalue weighted by atomic mass is 9.97. The summed E-state index contributed by atoms with van der Waals surface area (Å²) in [6.45, 7) is 2.80. The molecule has 0 aliphatic carbocycles. The summed E-state index contributed by atoms with van der Waals surface area (Å²) in [5.41, 5.74) is 3.23. The molecule has 2 N–H and O–H groups in total. The first-order valence-electron chi connectivity index (χ1n) is 8.99. The second-order valence-electron chi connectivity index (χ2n) is 6.98. The number of aryl methyl sites for hydroxylation is 1. The van der Waals surface area contributed by atoms with Crippen molar-refractivity contribution < 1.29 is 9.59 Å². The Morgan fingerprint density at radius 1 is 1.40 bits per heavy atom. The van der Waals surface area contributed by atoms with Crippen molar-refractivity contribution in [3.8, 4) is 0 Å². The van der Waals surface area contributed by atoms with Crippen molar-refractivity contribution in [2.45, 2.75) is 38.5 Å². The van der Waals surface area contributed by atoms with Crippen LogP contribution in [0.5, 0.6) is 0 Å². The van der Waals surface area contributed by atoms with E-state index in [0.29, 0.717) is 18.8 Å². The molecular formula is C19H28ClN3O2. The number of hydrogen-bond donors (Lipinski definition) is 2. The molecule has 6 heteroatoms. The van der Waals surface area contributed by atoms with Crippen LogP contribution in [0.4, 0.5) is 5.69 Å². The van der Waals surface area contributed by atoms with Crippen LogP contribution in [0.3, 0.4) is 0 Å². The van der Waals surface area contributed by atoms with E-state index < -0.39 is 0 Å². The minimum absolute atomic E-state index is 0. The van der Waals surface area contributed by atoms with Crippen LogP contribution in [0.1, 0.15) is 36.8 Å². The minimum atomic E-state index is 0. The van der Waals surface area contributed by atoms with Gasteiger partial charge in [0, 0.05) is 25.2 Å². The van der Waals surface area contributed by atoms with Crippen LogP contribution in [0.25, 0.3) is 0 Å². The lowest BCUT2D eigenvalue weighted by molar-refractivity contribution is -0.133. The molecule has 2 heterocycles. The zero-order valence-corrected chi connectivity index (χ0v) is 15.7. The number of benzene rings is 1. The molecule has 1 saturated heterocycles. The van der Waals surface area contributed by atoms with E-state index in [1.54, 1.807) is 0 Å². The summed E-state index contributed by atoms with van der Waals surface area (Å²) < 4.78 is 0. The van der Waals surface area contributed by atoms with Gasteiger partial charge in [0.15, 0.2) is 0 Å². The summed E-state index contributed by atoms with van der Waals surface area (Å²) in [5, 5.41) is 6.07. The highest BCUT2D eigenvalue weighted by molar-refractivity contribution is 5.99. The van der Waals surface area contributed by atoms with Gasteiger partial charge in [-0.15, -0.1) is 12.4 Å². The molecule has 1 aromatic rings. The molecule has 3 rings (SSSR count). The number of anilines is 1. The fourth-order valence-corrected chi connectivity index (χ4v) is 3.79. The lowest BCUT2D eigenvalue weighted by Crippen LogP contribution is -2.42.